The molecule has 1 aromatic carbocycles. The molecule has 1 aliphatic heterocycles. The van der Waals surface area contributed by atoms with Gasteiger partial charge in [-0.2, -0.15) is 5.10 Å². The van der Waals surface area contributed by atoms with E-state index in [0.29, 0.717) is 29.4 Å². The number of carbonyl (C=O) groups is 1. The van der Waals surface area contributed by atoms with Gasteiger partial charge in [0.05, 0.1) is 43.9 Å². The Morgan fingerprint density at radius 1 is 1.13 bits per heavy atom. The lowest BCUT2D eigenvalue weighted by molar-refractivity contribution is 0.0693. The molecule has 0 unspecified atom stereocenters. The number of benzene rings is 1. The molecule has 3 aromatic rings. The minimum atomic E-state index is -1.23. The summed E-state index contributed by atoms with van der Waals surface area (Å²) in [7, 11) is 3.19. The van der Waals surface area contributed by atoms with Gasteiger partial charge in [-0.3, -0.25) is 9.48 Å². The van der Waals surface area contributed by atoms with E-state index in [1.165, 1.54) is 12.3 Å². The Morgan fingerprint density at radius 2 is 1.87 bits per heavy atom. The number of ether oxygens (including phenoxy) is 2. The van der Waals surface area contributed by atoms with Crippen LogP contribution in [0.4, 0.5) is 0 Å². The average Bonchev–Trinajstić information content (AvgIpc) is 3.15. The standard InChI is InChI=1S/C23H25N3O5/c1-23(2,3)21-12-26-18(17-10-19(27)15(22(28)29)11-25(17)21)9-16(24-26)14-8-13(30-4)6-7-20(14)31-5/h6-11,21H,12H2,1-5H3,(H,28,29)/t21-/m0/s1. The van der Waals surface area contributed by atoms with Gasteiger partial charge in [-0.15, -0.1) is 0 Å². The number of aromatic carboxylic acids is 1. The van der Waals surface area contributed by atoms with Crippen LogP contribution in [0.25, 0.3) is 22.6 Å². The highest BCUT2D eigenvalue weighted by Gasteiger charge is 2.34. The number of aromatic nitrogens is 3. The first-order valence-corrected chi connectivity index (χ1v) is 9.94. The highest BCUT2D eigenvalue weighted by atomic mass is 16.5. The topological polar surface area (TPSA) is 95.6 Å². The SMILES string of the molecule is COc1ccc(OC)c(-c2cc3n(n2)C[C@@H](C(C)(C)C)n2cc(C(=O)O)c(=O)cc2-3)c1. The van der Waals surface area contributed by atoms with Crippen LogP contribution in [0.3, 0.4) is 0 Å². The maximum Gasteiger partial charge on any atom is 0.341 e. The maximum absolute atomic E-state index is 12.5. The van der Waals surface area contributed by atoms with Gasteiger partial charge in [-0.1, -0.05) is 20.8 Å². The van der Waals surface area contributed by atoms with E-state index in [9.17, 15) is 14.7 Å². The fourth-order valence-electron chi connectivity index (χ4n) is 4.02. The van der Waals surface area contributed by atoms with E-state index in [0.717, 1.165) is 11.3 Å². The normalized spacial score (nSPS) is 15.2. The molecule has 0 saturated carbocycles. The zero-order valence-electron chi connectivity index (χ0n) is 18.2. The summed E-state index contributed by atoms with van der Waals surface area (Å²) in [4.78, 5) is 24.1. The first-order valence-electron chi connectivity index (χ1n) is 9.94. The Balaban J connectivity index is 1.95. The number of pyridine rings is 1. The lowest BCUT2D eigenvalue weighted by Crippen LogP contribution is -2.35. The van der Waals surface area contributed by atoms with Crippen LogP contribution in [0.5, 0.6) is 11.5 Å². The molecule has 0 spiro atoms. The predicted molar refractivity (Wildman–Crippen MR) is 116 cm³/mol. The Hall–Kier alpha value is -3.55. The van der Waals surface area contributed by atoms with Gasteiger partial charge in [0.1, 0.15) is 17.1 Å². The van der Waals surface area contributed by atoms with Crippen molar-refractivity contribution in [3.63, 3.8) is 0 Å². The van der Waals surface area contributed by atoms with Crippen molar-refractivity contribution in [3.8, 4) is 34.1 Å². The second kappa shape index (κ2) is 7.30. The molecule has 1 atom stereocenters. The summed E-state index contributed by atoms with van der Waals surface area (Å²) in [6, 6.07) is 8.69. The van der Waals surface area contributed by atoms with Crippen molar-refractivity contribution in [3.05, 3.63) is 52.3 Å². The summed E-state index contributed by atoms with van der Waals surface area (Å²) in [6.45, 7) is 6.79. The van der Waals surface area contributed by atoms with E-state index in [1.807, 2.05) is 33.5 Å². The smallest absolute Gasteiger partial charge is 0.341 e. The van der Waals surface area contributed by atoms with E-state index in [-0.39, 0.29) is 17.0 Å². The van der Waals surface area contributed by atoms with E-state index >= 15 is 0 Å². The fourth-order valence-corrected chi connectivity index (χ4v) is 4.02. The minimum absolute atomic E-state index is 0.0892. The predicted octanol–water partition coefficient (Wildman–Crippen LogP) is 3.70. The summed E-state index contributed by atoms with van der Waals surface area (Å²) in [5.41, 5.74) is 1.88. The van der Waals surface area contributed by atoms with Crippen molar-refractivity contribution in [1.82, 2.24) is 14.3 Å². The van der Waals surface area contributed by atoms with Crippen LogP contribution >= 0.6 is 0 Å². The molecule has 3 heterocycles. The van der Waals surface area contributed by atoms with Gasteiger partial charge in [0.15, 0.2) is 5.43 Å². The van der Waals surface area contributed by atoms with Crippen LogP contribution in [-0.4, -0.2) is 39.6 Å². The molecule has 0 radical (unpaired) electrons. The monoisotopic (exact) mass is 423 g/mol. The summed E-state index contributed by atoms with van der Waals surface area (Å²) in [5.74, 6) is 0.105. The van der Waals surface area contributed by atoms with Crippen LogP contribution in [0.2, 0.25) is 0 Å². The average molecular weight is 423 g/mol. The van der Waals surface area contributed by atoms with Crippen molar-refractivity contribution in [2.24, 2.45) is 5.41 Å². The maximum atomic E-state index is 12.5. The molecule has 2 aromatic heterocycles. The van der Waals surface area contributed by atoms with Gasteiger partial charge < -0.3 is 19.1 Å². The molecular weight excluding hydrogens is 398 g/mol. The van der Waals surface area contributed by atoms with E-state index in [2.05, 4.69) is 20.8 Å². The van der Waals surface area contributed by atoms with Gasteiger partial charge in [0.2, 0.25) is 0 Å². The number of fused-ring (bicyclic) bond motifs is 3. The quantitative estimate of drug-likeness (QED) is 0.688. The van der Waals surface area contributed by atoms with Crippen LogP contribution in [-0.2, 0) is 6.54 Å². The van der Waals surface area contributed by atoms with Gasteiger partial charge in [-0.05, 0) is 29.7 Å². The van der Waals surface area contributed by atoms with Crippen LogP contribution in [0.1, 0.15) is 37.2 Å². The second-order valence-electron chi connectivity index (χ2n) is 8.69. The van der Waals surface area contributed by atoms with Crippen molar-refractivity contribution in [2.75, 3.05) is 14.2 Å². The summed E-state index contributed by atoms with van der Waals surface area (Å²) in [6.07, 6.45) is 1.46. The van der Waals surface area contributed by atoms with Crippen molar-refractivity contribution >= 4 is 5.97 Å². The zero-order valence-corrected chi connectivity index (χ0v) is 18.2. The zero-order chi connectivity index (χ0) is 22.5. The first kappa shape index (κ1) is 20.7. The molecule has 0 aliphatic carbocycles. The Labute approximate surface area is 179 Å². The Bertz CT molecular complexity index is 1230. The van der Waals surface area contributed by atoms with Crippen LogP contribution in [0.15, 0.2) is 41.3 Å². The number of carboxylic acid groups (broad SMARTS) is 1. The largest absolute Gasteiger partial charge is 0.497 e. The third-order valence-electron chi connectivity index (χ3n) is 5.72. The molecule has 1 aliphatic rings. The lowest BCUT2D eigenvalue weighted by atomic mass is 9.85. The molecule has 8 heteroatoms. The van der Waals surface area contributed by atoms with E-state index < -0.39 is 11.4 Å². The third kappa shape index (κ3) is 3.48. The molecular formula is C23H25N3O5. The molecule has 0 fully saturated rings. The molecule has 162 valence electrons. The summed E-state index contributed by atoms with van der Waals surface area (Å²) in [5, 5.41) is 14.3. The number of hydrogen-bond acceptors (Lipinski definition) is 5. The molecule has 0 amide bonds. The molecule has 31 heavy (non-hydrogen) atoms. The van der Waals surface area contributed by atoms with Crippen LogP contribution in [0, 0.1) is 5.41 Å². The van der Waals surface area contributed by atoms with Gasteiger partial charge >= 0.3 is 5.97 Å². The minimum Gasteiger partial charge on any atom is -0.497 e. The van der Waals surface area contributed by atoms with Gasteiger partial charge in [0, 0.05) is 17.8 Å². The third-order valence-corrected chi connectivity index (χ3v) is 5.72. The first-order chi connectivity index (χ1) is 14.6. The fraction of sp³-hybridized carbons (Fsp3) is 0.348. The van der Waals surface area contributed by atoms with Gasteiger partial charge in [-0.25, -0.2) is 4.79 Å². The number of hydrogen-bond donors (Lipinski definition) is 1. The number of carboxylic acids is 1. The van der Waals surface area contributed by atoms with Crippen LogP contribution < -0.4 is 14.9 Å². The van der Waals surface area contributed by atoms with Crippen molar-refractivity contribution in [2.45, 2.75) is 33.4 Å². The summed E-state index contributed by atoms with van der Waals surface area (Å²) >= 11 is 0. The molecule has 1 N–H and O–H groups in total. The van der Waals surface area contributed by atoms with Crippen molar-refractivity contribution in [1.29, 1.82) is 0 Å². The highest BCUT2D eigenvalue weighted by Crippen LogP contribution is 2.41. The number of nitrogens with zero attached hydrogens (tertiary/aromatic N) is 3. The highest BCUT2D eigenvalue weighted by molar-refractivity contribution is 5.87. The number of rotatable bonds is 4. The van der Waals surface area contributed by atoms with Gasteiger partial charge in [0.25, 0.3) is 0 Å². The van der Waals surface area contributed by atoms with E-state index in [4.69, 9.17) is 14.6 Å². The molecule has 4 rings (SSSR count). The molecule has 0 bridgehead atoms. The molecule has 0 saturated heterocycles. The second-order valence-corrected chi connectivity index (χ2v) is 8.69. The Morgan fingerprint density at radius 3 is 2.48 bits per heavy atom. The summed E-state index contributed by atoms with van der Waals surface area (Å²) < 4.78 is 14.6. The Kier molecular flexibility index (Phi) is 4.88. The molecule has 8 nitrogen and oxygen atoms in total. The van der Waals surface area contributed by atoms with E-state index in [1.54, 1.807) is 14.2 Å². The van der Waals surface area contributed by atoms with Crippen molar-refractivity contribution < 1.29 is 19.4 Å². The lowest BCUT2D eigenvalue weighted by Gasteiger charge is -2.38. The number of methoxy groups -OCH3 is 2.